The molecule has 0 rings (SSSR count). The molecule has 0 aliphatic rings. The summed E-state index contributed by atoms with van der Waals surface area (Å²) in [7, 11) is 0. The summed E-state index contributed by atoms with van der Waals surface area (Å²) < 4.78 is 0. The van der Waals surface area contributed by atoms with E-state index in [-0.39, 0.29) is 6.04 Å². The lowest BCUT2D eigenvalue weighted by Crippen LogP contribution is -2.41. The van der Waals surface area contributed by atoms with Crippen LogP contribution in [0.4, 0.5) is 4.79 Å². The van der Waals surface area contributed by atoms with Crippen molar-refractivity contribution in [3.8, 4) is 0 Å². The van der Waals surface area contributed by atoms with E-state index >= 15 is 0 Å². The molecular weight excluding hydrogens is 158 g/mol. The fourth-order valence-electron chi connectivity index (χ4n) is 1.02. The number of rotatable bonds is 5. The maximum Gasteiger partial charge on any atom is 0.404 e. The second-order valence-corrected chi connectivity index (χ2v) is 2.94. The third kappa shape index (κ3) is 4.96. The van der Waals surface area contributed by atoms with Crippen molar-refractivity contribution in [2.75, 3.05) is 0 Å². The van der Waals surface area contributed by atoms with Crippen LogP contribution in [-0.4, -0.2) is 28.5 Å². The van der Waals surface area contributed by atoms with Crippen molar-refractivity contribution in [3.05, 3.63) is 0 Å². The highest BCUT2D eigenvalue weighted by molar-refractivity contribution is 5.64. The molecule has 0 saturated carbocycles. The zero-order chi connectivity index (χ0) is 9.56. The van der Waals surface area contributed by atoms with Gasteiger partial charge in [-0.3, -0.25) is 0 Å². The second kappa shape index (κ2) is 5.83. The van der Waals surface area contributed by atoms with Crippen LogP contribution < -0.4 is 5.32 Å². The number of carbonyl (C=O) groups is 1. The van der Waals surface area contributed by atoms with Gasteiger partial charge >= 0.3 is 6.09 Å². The summed E-state index contributed by atoms with van der Waals surface area (Å²) in [6.45, 7) is 3.62. The van der Waals surface area contributed by atoms with Gasteiger partial charge in [0.15, 0.2) is 0 Å². The minimum Gasteiger partial charge on any atom is -0.465 e. The van der Waals surface area contributed by atoms with E-state index in [0.717, 1.165) is 12.8 Å². The zero-order valence-electron chi connectivity index (χ0n) is 7.58. The van der Waals surface area contributed by atoms with E-state index in [1.807, 2.05) is 6.92 Å². The largest absolute Gasteiger partial charge is 0.465 e. The van der Waals surface area contributed by atoms with Crippen LogP contribution in [0, 0.1) is 0 Å². The molecule has 4 heteroatoms. The van der Waals surface area contributed by atoms with Gasteiger partial charge in [-0.05, 0) is 13.3 Å². The molecule has 0 heterocycles. The van der Waals surface area contributed by atoms with E-state index in [2.05, 4.69) is 5.32 Å². The number of hydrogen-bond donors (Lipinski definition) is 3. The van der Waals surface area contributed by atoms with Gasteiger partial charge in [0, 0.05) is 0 Å². The highest BCUT2D eigenvalue weighted by Gasteiger charge is 2.15. The Hall–Kier alpha value is -0.770. The molecule has 0 radical (unpaired) electrons. The molecular formula is C8H17NO3. The maximum atomic E-state index is 10.3. The fraction of sp³-hybridized carbons (Fsp3) is 0.875. The zero-order valence-corrected chi connectivity index (χ0v) is 7.58. The first-order valence-electron chi connectivity index (χ1n) is 4.25. The molecule has 0 spiro atoms. The molecule has 0 aromatic rings. The van der Waals surface area contributed by atoms with Crippen LogP contribution in [0.2, 0.25) is 0 Å². The van der Waals surface area contributed by atoms with Gasteiger partial charge in [-0.2, -0.15) is 0 Å². The fourth-order valence-corrected chi connectivity index (χ4v) is 1.02. The van der Waals surface area contributed by atoms with Crippen LogP contribution in [0.25, 0.3) is 0 Å². The van der Waals surface area contributed by atoms with Gasteiger partial charge in [-0.15, -0.1) is 0 Å². The lowest BCUT2D eigenvalue weighted by Gasteiger charge is -2.19. The van der Waals surface area contributed by atoms with Gasteiger partial charge in [0.2, 0.25) is 0 Å². The topological polar surface area (TPSA) is 69.6 Å². The molecule has 72 valence electrons. The van der Waals surface area contributed by atoms with Crippen LogP contribution in [0.1, 0.15) is 33.1 Å². The van der Waals surface area contributed by atoms with Gasteiger partial charge in [-0.25, -0.2) is 4.79 Å². The predicted octanol–water partition coefficient (Wildman–Crippen LogP) is 1.19. The highest BCUT2D eigenvalue weighted by Crippen LogP contribution is 2.04. The number of hydrogen-bond acceptors (Lipinski definition) is 2. The third-order valence-corrected chi connectivity index (χ3v) is 1.76. The molecule has 12 heavy (non-hydrogen) atoms. The summed E-state index contributed by atoms with van der Waals surface area (Å²) in [5.41, 5.74) is 0. The molecule has 0 aromatic carbocycles. The first kappa shape index (κ1) is 11.2. The normalized spacial score (nSPS) is 15.2. The van der Waals surface area contributed by atoms with Crippen molar-refractivity contribution in [3.63, 3.8) is 0 Å². The molecule has 0 saturated heterocycles. The molecule has 0 aliphatic heterocycles. The van der Waals surface area contributed by atoms with Gasteiger partial charge in [0.05, 0.1) is 12.1 Å². The van der Waals surface area contributed by atoms with E-state index in [0.29, 0.717) is 6.42 Å². The number of carboxylic acid groups (broad SMARTS) is 1. The van der Waals surface area contributed by atoms with Crippen molar-refractivity contribution in [1.82, 2.24) is 5.32 Å². The minimum atomic E-state index is -1.07. The Bertz CT molecular complexity index is 136. The monoisotopic (exact) mass is 175 g/mol. The first-order chi connectivity index (χ1) is 5.57. The predicted molar refractivity (Wildman–Crippen MR) is 46.2 cm³/mol. The number of aliphatic hydroxyl groups excluding tert-OH is 1. The van der Waals surface area contributed by atoms with E-state index in [1.165, 1.54) is 0 Å². The Balaban J connectivity index is 3.78. The molecule has 3 N–H and O–H groups in total. The van der Waals surface area contributed by atoms with Crippen LogP contribution in [0.3, 0.4) is 0 Å². The summed E-state index contributed by atoms with van der Waals surface area (Å²) in [5, 5.41) is 19.9. The summed E-state index contributed by atoms with van der Waals surface area (Å²) in [4.78, 5) is 10.3. The van der Waals surface area contributed by atoms with Gasteiger partial charge in [0.25, 0.3) is 0 Å². The molecule has 0 bridgehead atoms. The van der Waals surface area contributed by atoms with Crippen LogP contribution in [-0.2, 0) is 0 Å². The smallest absolute Gasteiger partial charge is 0.404 e. The Morgan fingerprint density at radius 2 is 2.17 bits per heavy atom. The maximum absolute atomic E-state index is 10.3. The lowest BCUT2D eigenvalue weighted by molar-refractivity contribution is 0.128. The third-order valence-electron chi connectivity index (χ3n) is 1.76. The van der Waals surface area contributed by atoms with E-state index in [9.17, 15) is 4.79 Å². The first-order valence-corrected chi connectivity index (χ1v) is 4.25. The summed E-state index contributed by atoms with van der Waals surface area (Å²) >= 11 is 0. The molecule has 4 nitrogen and oxygen atoms in total. The standard InChI is InChI=1S/C8H17NO3/c1-3-4-5-7(6(2)10)9-8(11)12/h6-7,9-10H,3-5H2,1-2H3,(H,11,12). The SMILES string of the molecule is CCCCC(NC(=O)O)C(C)O. The highest BCUT2D eigenvalue weighted by atomic mass is 16.4. The van der Waals surface area contributed by atoms with Crippen molar-refractivity contribution < 1.29 is 15.0 Å². The number of unbranched alkanes of at least 4 members (excludes halogenated alkanes) is 1. The molecule has 0 fully saturated rings. The Morgan fingerprint density at radius 1 is 1.58 bits per heavy atom. The molecule has 0 aromatic heterocycles. The molecule has 0 aliphatic carbocycles. The molecule has 1 amide bonds. The van der Waals surface area contributed by atoms with E-state index < -0.39 is 12.2 Å². The summed E-state index contributed by atoms with van der Waals surface area (Å²) in [6, 6.07) is -0.331. The second-order valence-electron chi connectivity index (χ2n) is 2.94. The van der Waals surface area contributed by atoms with Gasteiger partial charge in [-0.1, -0.05) is 19.8 Å². The van der Waals surface area contributed by atoms with Crippen molar-refractivity contribution in [2.24, 2.45) is 0 Å². The molecule has 2 atom stereocenters. The Kier molecular flexibility index (Phi) is 5.45. The number of amides is 1. The summed E-state index contributed by atoms with van der Waals surface area (Å²) in [6.07, 6.45) is 0.936. The average Bonchev–Trinajstić information content (AvgIpc) is 1.96. The van der Waals surface area contributed by atoms with Crippen molar-refractivity contribution >= 4 is 6.09 Å². The summed E-state index contributed by atoms with van der Waals surface area (Å²) in [5.74, 6) is 0. The Labute approximate surface area is 72.6 Å². The van der Waals surface area contributed by atoms with Gasteiger partial charge < -0.3 is 15.5 Å². The quantitative estimate of drug-likeness (QED) is 0.588. The van der Waals surface area contributed by atoms with Crippen LogP contribution >= 0.6 is 0 Å². The van der Waals surface area contributed by atoms with Gasteiger partial charge in [0.1, 0.15) is 0 Å². The Morgan fingerprint density at radius 3 is 2.50 bits per heavy atom. The van der Waals surface area contributed by atoms with Crippen LogP contribution in [0.15, 0.2) is 0 Å². The lowest BCUT2D eigenvalue weighted by atomic mass is 10.1. The average molecular weight is 175 g/mol. The van der Waals surface area contributed by atoms with E-state index in [1.54, 1.807) is 6.92 Å². The number of nitrogens with one attached hydrogen (secondary N) is 1. The minimum absolute atomic E-state index is 0.331. The van der Waals surface area contributed by atoms with Crippen molar-refractivity contribution in [1.29, 1.82) is 0 Å². The van der Waals surface area contributed by atoms with Crippen LogP contribution in [0.5, 0.6) is 0 Å². The van der Waals surface area contributed by atoms with Crippen molar-refractivity contribution in [2.45, 2.75) is 45.3 Å². The number of aliphatic hydroxyl groups is 1. The van der Waals surface area contributed by atoms with E-state index in [4.69, 9.17) is 10.2 Å². The molecule has 2 unspecified atom stereocenters.